The van der Waals surface area contributed by atoms with Gasteiger partial charge in [0.05, 0.1) is 19.2 Å². The average molecular weight is 205 g/mol. The summed E-state index contributed by atoms with van der Waals surface area (Å²) in [6.07, 6.45) is 0. The van der Waals surface area contributed by atoms with Crippen LogP contribution in [0, 0.1) is 0 Å². The monoisotopic (exact) mass is 205 g/mol. The molecule has 15 heavy (non-hydrogen) atoms. The molecule has 1 aromatic rings. The molecular formula is C12H15NO2. The van der Waals surface area contributed by atoms with E-state index in [1.165, 1.54) is 0 Å². The van der Waals surface area contributed by atoms with Gasteiger partial charge in [-0.1, -0.05) is 12.1 Å². The number of ether oxygens (including phenoxy) is 2. The molecule has 3 nitrogen and oxygen atoms in total. The van der Waals surface area contributed by atoms with Gasteiger partial charge in [0.1, 0.15) is 11.4 Å². The Kier molecular flexibility index (Phi) is 2.39. The van der Waals surface area contributed by atoms with Crippen LogP contribution in [-0.2, 0) is 4.74 Å². The largest absolute Gasteiger partial charge is 0.496 e. The highest BCUT2D eigenvalue weighted by Crippen LogP contribution is 2.26. The summed E-state index contributed by atoms with van der Waals surface area (Å²) in [5, 5.41) is 0. The Balaban J connectivity index is 2.31. The Morgan fingerprint density at radius 3 is 2.67 bits per heavy atom. The van der Waals surface area contributed by atoms with Gasteiger partial charge in [0.2, 0.25) is 5.90 Å². The zero-order chi connectivity index (χ0) is 10.9. The third-order valence-corrected chi connectivity index (χ3v) is 2.31. The summed E-state index contributed by atoms with van der Waals surface area (Å²) in [4.78, 5) is 4.38. The number of benzene rings is 1. The number of aliphatic imine (C=N–C) groups is 1. The van der Waals surface area contributed by atoms with Gasteiger partial charge in [-0.25, -0.2) is 4.99 Å². The second kappa shape index (κ2) is 3.57. The molecule has 3 heteroatoms. The molecule has 1 heterocycles. The van der Waals surface area contributed by atoms with E-state index >= 15 is 0 Å². The summed E-state index contributed by atoms with van der Waals surface area (Å²) in [5.74, 6) is 1.48. The van der Waals surface area contributed by atoms with Crippen LogP contribution in [0.25, 0.3) is 0 Å². The molecule has 0 bridgehead atoms. The number of rotatable bonds is 2. The van der Waals surface area contributed by atoms with Gasteiger partial charge >= 0.3 is 0 Å². The molecule has 1 aromatic carbocycles. The fraction of sp³-hybridized carbons (Fsp3) is 0.417. The molecule has 0 aromatic heterocycles. The normalized spacial score (nSPS) is 18.2. The lowest BCUT2D eigenvalue weighted by atomic mass is 10.1. The van der Waals surface area contributed by atoms with Crippen LogP contribution in [0.3, 0.4) is 0 Å². The minimum Gasteiger partial charge on any atom is -0.496 e. The van der Waals surface area contributed by atoms with Crippen molar-refractivity contribution >= 4 is 5.90 Å². The first-order chi connectivity index (χ1) is 7.12. The van der Waals surface area contributed by atoms with E-state index in [4.69, 9.17) is 9.47 Å². The minimum atomic E-state index is -0.198. The summed E-state index contributed by atoms with van der Waals surface area (Å²) in [6, 6.07) is 7.75. The van der Waals surface area contributed by atoms with Crippen molar-refractivity contribution in [2.75, 3.05) is 13.7 Å². The first-order valence-electron chi connectivity index (χ1n) is 4.99. The fourth-order valence-electron chi connectivity index (χ4n) is 1.55. The zero-order valence-corrected chi connectivity index (χ0v) is 9.28. The topological polar surface area (TPSA) is 30.8 Å². The van der Waals surface area contributed by atoms with E-state index in [1.54, 1.807) is 7.11 Å². The SMILES string of the molecule is COc1ccccc1C1=NCC(C)(C)O1. The van der Waals surface area contributed by atoms with Gasteiger partial charge in [-0.3, -0.25) is 0 Å². The lowest BCUT2D eigenvalue weighted by molar-refractivity contribution is 0.131. The van der Waals surface area contributed by atoms with Gasteiger partial charge in [-0.05, 0) is 26.0 Å². The zero-order valence-electron chi connectivity index (χ0n) is 9.28. The Morgan fingerprint density at radius 2 is 2.07 bits per heavy atom. The second-order valence-corrected chi connectivity index (χ2v) is 4.18. The summed E-state index contributed by atoms with van der Waals surface area (Å²) in [5.41, 5.74) is 0.724. The first-order valence-corrected chi connectivity index (χ1v) is 4.99. The van der Waals surface area contributed by atoms with Crippen LogP contribution in [0.5, 0.6) is 5.75 Å². The quantitative estimate of drug-likeness (QED) is 0.741. The van der Waals surface area contributed by atoms with Gasteiger partial charge in [-0.2, -0.15) is 0 Å². The molecular weight excluding hydrogens is 190 g/mol. The van der Waals surface area contributed by atoms with Gasteiger partial charge in [-0.15, -0.1) is 0 Å². The van der Waals surface area contributed by atoms with Crippen LogP contribution in [0.2, 0.25) is 0 Å². The lowest BCUT2D eigenvalue weighted by Gasteiger charge is -2.17. The molecule has 0 atom stereocenters. The van der Waals surface area contributed by atoms with E-state index in [-0.39, 0.29) is 5.60 Å². The van der Waals surface area contributed by atoms with Gasteiger partial charge in [0.15, 0.2) is 0 Å². The number of methoxy groups -OCH3 is 1. The molecule has 0 aliphatic carbocycles. The van der Waals surface area contributed by atoms with Crippen LogP contribution in [0.1, 0.15) is 19.4 Å². The van der Waals surface area contributed by atoms with E-state index in [2.05, 4.69) is 4.99 Å². The lowest BCUT2D eigenvalue weighted by Crippen LogP contribution is -2.24. The van der Waals surface area contributed by atoms with Crippen LogP contribution in [0.15, 0.2) is 29.3 Å². The van der Waals surface area contributed by atoms with Crippen LogP contribution in [0.4, 0.5) is 0 Å². The fourth-order valence-corrected chi connectivity index (χ4v) is 1.55. The van der Waals surface area contributed by atoms with Gasteiger partial charge in [0.25, 0.3) is 0 Å². The van der Waals surface area contributed by atoms with E-state index in [9.17, 15) is 0 Å². The van der Waals surface area contributed by atoms with Crippen molar-refractivity contribution in [2.24, 2.45) is 4.99 Å². The highest BCUT2D eigenvalue weighted by Gasteiger charge is 2.29. The molecule has 0 N–H and O–H groups in total. The molecule has 80 valence electrons. The van der Waals surface area contributed by atoms with Gasteiger partial charge in [0, 0.05) is 0 Å². The van der Waals surface area contributed by atoms with Gasteiger partial charge < -0.3 is 9.47 Å². The maximum absolute atomic E-state index is 5.75. The molecule has 0 unspecified atom stereocenters. The Bertz CT molecular complexity index is 396. The van der Waals surface area contributed by atoms with E-state index in [0.717, 1.165) is 11.3 Å². The van der Waals surface area contributed by atoms with Crippen molar-refractivity contribution < 1.29 is 9.47 Å². The van der Waals surface area contributed by atoms with Crippen molar-refractivity contribution in [3.05, 3.63) is 29.8 Å². The highest BCUT2D eigenvalue weighted by atomic mass is 16.5. The number of hydrogen-bond donors (Lipinski definition) is 0. The Hall–Kier alpha value is -1.51. The van der Waals surface area contributed by atoms with E-state index < -0.39 is 0 Å². The summed E-state index contributed by atoms with van der Waals surface area (Å²) < 4.78 is 11.0. The van der Waals surface area contributed by atoms with Crippen molar-refractivity contribution in [3.8, 4) is 5.75 Å². The van der Waals surface area contributed by atoms with Crippen LogP contribution < -0.4 is 4.74 Å². The number of nitrogens with zero attached hydrogens (tertiary/aromatic N) is 1. The number of para-hydroxylation sites is 1. The smallest absolute Gasteiger partial charge is 0.220 e. The predicted octanol–water partition coefficient (Wildman–Crippen LogP) is 2.25. The summed E-state index contributed by atoms with van der Waals surface area (Å²) >= 11 is 0. The molecule has 0 spiro atoms. The highest BCUT2D eigenvalue weighted by molar-refractivity contribution is 5.98. The Labute approximate surface area is 89.7 Å². The first kappa shape index (κ1) is 10.0. The predicted molar refractivity (Wildman–Crippen MR) is 59.6 cm³/mol. The summed E-state index contributed by atoms with van der Waals surface area (Å²) in [7, 11) is 1.65. The molecule has 1 aliphatic rings. The average Bonchev–Trinajstić information content (AvgIpc) is 2.59. The maximum Gasteiger partial charge on any atom is 0.220 e. The molecule has 0 radical (unpaired) electrons. The number of hydrogen-bond acceptors (Lipinski definition) is 3. The third-order valence-electron chi connectivity index (χ3n) is 2.31. The van der Waals surface area contributed by atoms with Crippen molar-refractivity contribution in [2.45, 2.75) is 19.4 Å². The van der Waals surface area contributed by atoms with E-state index in [1.807, 2.05) is 38.1 Å². The molecule has 2 rings (SSSR count). The Morgan fingerprint density at radius 1 is 1.33 bits per heavy atom. The van der Waals surface area contributed by atoms with E-state index in [0.29, 0.717) is 12.4 Å². The maximum atomic E-state index is 5.75. The second-order valence-electron chi connectivity index (χ2n) is 4.18. The van der Waals surface area contributed by atoms with Crippen LogP contribution in [-0.4, -0.2) is 25.2 Å². The molecule has 1 aliphatic heterocycles. The van der Waals surface area contributed by atoms with Crippen molar-refractivity contribution in [1.82, 2.24) is 0 Å². The standard InChI is InChI=1S/C12H15NO2/c1-12(2)8-13-11(15-12)9-6-4-5-7-10(9)14-3/h4-7H,8H2,1-3H3. The van der Waals surface area contributed by atoms with Crippen LogP contribution >= 0.6 is 0 Å². The third kappa shape index (κ3) is 1.96. The molecule has 0 fully saturated rings. The van der Waals surface area contributed by atoms with Crippen molar-refractivity contribution in [3.63, 3.8) is 0 Å². The summed E-state index contributed by atoms with van der Waals surface area (Å²) in [6.45, 7) is 4.75. The minimum absolute atomic E-state index is 0.198. The molecule has 0 saturated carbocycles. The molecule has 0 saturated heterocycles. The van der Waals surface area contributed by atoms with Crippen molar-refractivity contribution in [1.29, 1.82) is 0 Å². The molecule has 0 amide bonds.